The summed E-state index contributed by atoms with van der Waals surface area (Å²) in [6.45, 7) is 0. The van der Waals surface area contributed by atoms with E-state index < -0.39 is 13.0 Å². The van der Waals surface area contributed by atoms with E-state index in [0.717, 1.165) is 0 Å². The maximum atomic E-state index is 8.69. The van der Waals surface area contributed by atoms with Gasteiger partial charge in [0.05, 0.1) is 0 Å². The SMILES string of the molecule is [O]=[Mn](=[O])(=[O])[OH].[Zr]. The van der Waals surface area contributed by atoms with Crippen LogP contribution in [0.1, 0.15) is 0 Å². The van der Waals surface area contributed by atoms with Crippen LogP contribution in [0.4, 0.5) is 0 Å². The molecule has 0 fully saturated rings. The van der Waals surface area contributed by atoms with E-state index in [1.165, 1.54) is 0 Å². The molecule has 0 rings (SSSR count). The van der Waals surface area contributed by atoms with E-state index >= 15 is 0 Å². The molecule has 0 atom stereocenters. The quantitative estimate of drug-likeness (QED) is 0.526. The summed E-state index contributed by atoms with van der Waals surface area (Å²) < 4.78 is 33.1. The number of hydrogen-bond donors (Lipinski definition) is 1. The van der Waals surface area contributed by atoms with E-state index in [4.69, 9.17) is 15.7 Å². The van der Waals surface area contributed by atoms with Gasteiger partial charge in [0.2, 0.25) is 0 Å². The Morgan fingerprint density at radius 1 is 1.17 bits per heavy atom. The van der Waals surface area contributed by atoms with Crippen molar-refractivity contribution in [2.75, 3.05) is 0 Å². The summed E-state index contributed by atoms with van der Waals surface area (Å²) >= 11 is -5.38. The van der Waals surface area contributed by atoms with Gasteiger partial charge >= 0.3 is 28.7 Å². The van der Waals surface area contributed by atoms with Crippen molar-refractivity contribution in [3.63, 3.8) is 0 Å². The summed E-state index contributed by atoms with van der Waals surface area (Å²) in [6.07, 6.45) is 0. The van der Waals surface area contributed by atoms with Gasteiger partial charge in [0.1, 0.15) is 0 Å². The monoisotopic (exact) mass is 210 g/mol. The fourth-order valence-corrected chi connectivity index (χ4v) is 0. The first-order chi connectivity index (χ1) is 2.00. The Hall–Kier alpha value is 0.763. The maximum Gasteiger partial charge on any atom is 0 e. The van der Waals surface area contributed by atoms with E-state index in [0.29, 0.717) is 0 Å². The first-order valence-corrected chi connectivity index (χ1v) is 2.61. The average Bonchev–Trinajstić information content (AvgIpc) is 0.722. The van der Waals surface area contributed by atoms with Crippen molar-refractivity contribution in [3.8, 4) is 0 Å². The van der Waals surface area contributed by atoms with Crippen LogP contribution in [0.2, 0.25) is 0 Å². The van der Waals surface area contributed by atoms with Gasteiger partial charge in [-0.1, -0.05) is 0 Å². The van der Waals surface area contributed by atoms with Crippen LogP contribution in [0.3, 0.4) is 0 Å². The molecular formula is HMnO4Zr. The molecule has 0 aromatic carbocycles. The minimum Gasteiger partial charge on any atom is 0 e. The molecule has 0 spiro atoms. The Morgan fingerprint density at radius 3 is 1.17 bits per heavy atom. The van der Waals surface area contributed by atoms with Crippen LogP contribution in [0.5, 0.6) is 0 Å². The molecule has 36 valence electrons. The minimum atomic E-state index is -5.38. The molecule has 0 amide bonds. The summed E-state index contributed by atoms with van der Waals surface area (Å²) in [5.74, 6) is 0. The van der Waals surface area contributed by atoms with E-state index in [-0.39, 0.29) is 26.2 Å². The van der Waals surface area contributed by atoms with Crippen molar-refractivity contribution in [1.29, 1.82) is 0 Å². The van der Waals surface area contributed by atoms with Crippen molar-refractivity contribution in [2.24, 2.45) is 0 Å². The fraction of sp³-hybridized carbons (Fsp3) is 0. The summed E-state index contributed by atoms with van der Waals surface area (Å²) in [5, 5.41) is 0. The number of rotatable bonds is 0. The van der Waals surface area contributed by atoms with Gasteiger partial charge in [0.15, 0.2) is 0 Å². The largest absolute Gasteiger partial charge is 0 e. The topological polar surface area (TPSA) is 71.4 Å². The van der Waals surface area contributed by atoms with Crippen LogP contribution >= 0.6 is 0 Å². The zero-order valence-electron chi connectivity index (χ0n) is 2.55. The summed E-state index contributed by atoms with van der Waals surface area (Å²) in [4.78, 5) is 0. The van der Waals surface area contributed by atoms with Crippen LogP contribution < -0.4 is 0 Å². The average molecular weight is 211 g/mol. The second-order valence-electron chi connectivity index (χ2n) is 0.396. The van der Waals surface area contributed by atoms with Crippen molar-refractivity contribution in [2.45, 2.75) is 0 Å². The Balaban J connectivity index is 0. The molecule has 0 aromatic rings. The van der Waals surface area contributed by atoms with Crippen LogP contribution in [-0.2, 0) is 50.7 Å². The third-order valence-electron chi connectivity index (χ3n) is 0. The van der Waals surface area contributed by atoms with Gasteiger partial charge in [-0.2, -0.15) is 0 Å². The number of hydrogen-bond acceptors (Lipinski definition) is 3. The third-order valence-corrected chi connectivity index (χ3v) is 0. The zero-order chi connectivity index (χ0) is 4.50. The van der Waals surface area contributed by atoms with Crippen LogP contribution in [0.25, 0.3) is 0 Å². The van der Waals surface area contributed by atoms with E-state index in [1.54, 1.807) is 0 Å². The molecule has 0 saturated carbocycles. The van der Waals surface area contributed by atoms with E-state index in [1.807, 2.05) is 0 Å². The van der Waals surface area contributed by atoms with Gasteiger partial charge in [-0.25, -0.2) is 0 Å². The normalized spacial score (nSPS) is 9.50. The molecule has 6 heteroatoms. The Labute approximate surface area is 54.8 Å². The van der Waals surface area contributed by atoms with Gasteiger partial charge in [-0.3, -0.25) is 0 Å². The van der Waals surface area contributed by atoms with Crippen molar-refractivity contribution in [3.05, 3.63) is 0 Å². The molecule has 0 heterocycles. The van der Waals surface area contributed by atoms with Gasteiger partial charge < -0.3 is 0 Å². The molecule has 0 aliphatic rings. The smallest absolute Gasteiger partial charge is 0 e. The van der Waals surface area contributed by atoms with E-state index in [9.17, 15) is 0 Å². The Morgan fingerprint density at radius 2 is 1.17 bits per heavy atom. The van der Waals surface area contributed by atoms with Crippen molar-refractivity contribution in [1.82, 2.24) is 0 Å². The second-order valence-corrected chi connectivity index (χ2v) is 1.63. The minimum absolute atomic E-state index is 0. The first kappa shape index (κ1) is 9.90. The first-order valence-electron chi connectivity index (χ1n) is 0.632. The Bertz CT molecular complexity index is 129. The summed E-state index contributed by atoms with van der Waals surface area (Å²) in [6, 6.07) is 0. The van der Waals surface area contributed by atoms with Gasteiger partial charge in [-0.15, -0.1) is 0 Å². The molecular weight excluding hydrogens is 210 g/mol. The van der Waals surface area contributed by atoms with Crippen LogP contribution in [-0.4, -0.2) is 4.19 Å². The fourth-order valence-electron chi connectivity index (χ4n) is 0. The molecule has 0 unspecified atom stereocenters. The maximum absolute atomic E-state index is 8.69. The van der Waals surface area contributed by atoms with E-state index in [2.05, 4.69) is 0 Å². The molecule has 0 bridgehead atoms. The van der Waals surface area contributed by atoms with Crippen LogP contribution in [0, 0.1) is 0 Å². The summed E-state index contributed by atoms with van der Waals surface area (Å²) in [5.41, 5.74) is 0. The molecule has 0 aliphatic carbocycles. The molecule has 4 nitrogen and oxygen atoms in total. The third kappa shape index (κ3) is 116. The molecule has 0 saturated heterocycles. The molecule has 0 aliphatic heterocycles. The van der Waals surface area contributed by atoms with Crippen molar-refractivity contribution < 1.29 is 54.9 Å². The van der Waals surface area contributed by atoms with Gasteiger partial charge in [0, 0.05) is 26.2 Å². The predicted octanol–water partition coefficient (Wildman–Crippen LogP) is -0.918. The summed E-state index contributed by atoms with van der Waals surface area (Å²) in [7, 11) is 0. The molecule has 0 aromatic heterocycles. The Kier molecular flexibility index (Phi) is 4.72. The second kappa shape index (κ2) is 2.86. The van der Waals surface area contributed by atoms with Gasteiger partial charge in [0.25, 0.3) is 0 Å². The molecule has 0 radical (unpaired) electrons. The predicted molar refractivity (Wildman–Crippen MR) is 4.28 cm³/mol. The standard InChI is InChI=1S/Mn.H2O.3O.Zr/h;1H2;;;;/q+1;;;;;/p-1. The molecule has 6 heavy (non-hydrogen) atoms. The van der Waals surface area contributed by atoms with Crippen molar-refractivity contribution >= 4 is 0 Å². The zero-order valence-corrected chi connectivity index (χ0v) is 6.19. The van der Waals surface area contributed by atoms with Crippen LogP contribution in [0.15, 0.2) is 0 Å². The molecule has 1 N–H and O–H groups in total. The van der Waals surface area contributed by atoms with Gasteiger partial charge in [-0.05, 0) is 0 Å².